The molecule has 0 fully saturated rings. The molecule has 124 valence electrons. The first-order valence-electron chi connectivity index (χ1n) is 7.45. The third-order valence-electron chi connectivity index (χ3n) is 3.86. The lowest BCUT2D eigenvalue weighted by Crippen LogP contribution is -2.29. The van der Waals surface area contributed by atoms with Gasteiger partial charge in [-0.15, -0.1) is 5.10 Å². The number of rotatable bonds is 4. The molecule has 3 aromatic rings. The maximum atomic E-state index is 12.5. The van der Waals surface area contributed by atoms with Crippen LogP contribution in [0.1, 0.15) is 24.1 Å². The highest BCUT2D eigenvalue weighted by Gasteiger charge is 2.20. The van der Waals surface area contributed by atoms with Crippen molar-refractivity contribution < 1.29 is 9.53 Å². The summed E-state index contributed by atoms with van der Waals surface area (Å²) in [4.78, 5) is 28.4. The van der Waals surface area contributed by atoms with E-state index in [0.717, 1.165) is 5.56 Å². The van der Waals surface area contributed by atoms with E-state index in [9.17, 15) is 9.59 Å². The number of hydrogen-bond acceptors (Lipinski definition) is 6. The van der Waals surface area contributed by atoms with E-state index in [4.69, 9.17) is 0 Å². The van der Waals surface area contributed by atoms with Gasteiger partial charge in [0.25, 0.3) is 5.56 Å². The molecular formula is C16H17N5O3. The van der Waals surface area contributed by atoms with Gasteiger partial charge < -0.3 is 4.74 Å². The number of carbonyl (C=O) groups excluding carboxylic acids is 1. The maximum absolute atomic E-state index is 12.5. The van der Waals surface area contributed by atoms with Crippen molar-refractivity contribution in [2.24, 2.45) is 0 Å². The number of benzene rings is 1. The van der Waals surface area contributed by atoms with Crippen molar-refractivity contribution in [3.8, 4) is 0 Å². The van der Waals surface area contributed by atoms with Gasteiger partial charge in [0.2, 0.25) is 0 Å². The van der Waals surface area contributed by atoms with Gasteiger partial charge in [0, 0.05) is 0 Å². The highest BCUT2D eigenvalue weighted by Crippen LogP contribution is 2.10. The van der Waals surface area contributed by atoms with Crippen molar-refractivity contribution >= 4 is 17.1 Å². The third-order valence-corrected chi connectivity index (χ3v) is 3.86. The smallest absolute Gasteiger partial charge is 0.328 e. The zero-order valence-electron chi connectivity index (χ0n) is 13.6. The Morgan fingerprint density at radius 3 is 2.67 bits per heavy atom. The van der Waals surface area contributed by atoms with Crippen LogP contribution in [0.25, 0.3) is 11.2 Å². The monoisotopic (exact) mass is 327 g/mol. The van der Waals surface area contributed by atoms with E-state index < -0.39 is 17.6 Å². The van der Waals surface area contributed by atoms with Gasteiger partial charge in [-0.05, 0) is 19.4 Å². The fourth-order valence-corrected chi connectivity index (χ4v) is 2.40. The van der Waals surface area contributed by atoms with E-state index >= 15 is 0 Å². The quantitative estimate of drug-likeness (QED) is 0.666. The summed E-state index contributed by atoms with van der Waals surface area (Å²) in [5, 5.41) is 7.94. The Morgan fingerprint density at radius 1 is 1.29 bits per heavy atom. The average molecular weight is 327 g/mol. The zero-order chi connectivity index (χ0) is 17.3. The molecule has 8 nitrogen and oxygen atoms in total. The standard InChI is InChI=1S/C16H17N5O3/c1-10-4-6-12(7-5-10)8-21-14-13(18-19-21)15(22)20(9-17-14)11(2)16(23)24-3/h4-7,9,11H,8H2,1-3H3. The molecular weight excluding hydrogens is 310 g/mol. The van der Waals surface area contributed by atoms with Crippen LogP contribution in [-0.2, 0) is 16.1 Å². The molecule has 0 saturated carbocycles. The molecule has 0 aliphatic rings. The Bertz CT molecular complexity index is 942. The van der Waals surface area contributed by atoms with E-state index in [1.54, 1.807) is 11.6 Å². The highest BCUT2D eigenvalue weighted by atomic mass is 16.5. The molecule has 0 amide bonds. The minimum Gasteiger partial charge on any atom is -0.467 e. The summed E-state index contributed by atoms with van der Waals surface area (Å²) in [5.74, 6) is -0.523. The van der Waals surface area contributed by atoms with Gasteiger partial charge in [-0.1, -0.05) is 35.0 Å². The van der Waals surface area contributed by atoms with E-state index in [1.807, 2.05) is 31.2 Å². The van der Waals surface area contributed by atoms with Crippen LogP contribution >= 0.6 is 0 Å². The lowest BCUT2D eigenvalue weighted by Gasteiger charge is -2.11. The summed E-state index contributed by atoms with van der Waals surface area (Å²) in [6.07, 6.45) is 1.32. The normalized spacial score (nSPS) is 12.3. The lowest BCUT2D eigenvalue weighted by molar-refractivity contribution is -0.144. The number of nitrogens with zero attached hydrogens (tertiary/aromatic N) is 5. The summed E-state index contributed by atoms with van der Waals surface area (Å²) in [5.41, 5.74) is 2.28. The van der Waals surface area contributed by atoms with Gasteiger partial charge in [-0.3, -0.25) is 9.36 Å². The van der Waals surface area contributed by atoms with Crippen LogP contribution in [0.3, 0.4) is 0 Å². The van der Waals surface area contributed by atoms with Crippen LogP contribution in [0.2, 0.25) is 0 Å². The number of aromatic nitrogens is 5. The molecule has 24 heavy (non-hydrogen) atoms. The van der Waals surface area contributed by atoms with Gasteiger partial charge >= 0.3 is 5.97 Å². The molecule has 1 unspecified atom stereocenters. The Labute approximate surface area is 137 Å². The van der Waals surface area contributed by atoms with E-state index in [1.165, 1.54) is 23.6 Å². The van der Waals surface area contributed by atoms with Gasteiger partial charge in [-0.25, -0.2) is 14.5 Å². The van der Waals surface area contributed by atoms with Crippen molar-refractivity contribution in [3.63, 3.8) is 0 Å². The minimum absolute atomic E-state index is 0.125. The van der Waals surface area contributed by atoms with E-state index in [2.05, 4.69) is 20.0 Å². The van der Waals surface area contributed by atoms with E-state index in [-0.39, 0.29) is 5.52 Å². The average Bonchev–Trinajstić information content (AvgIpc) is 3.00. The van der Waals surface area contributed by atoms with Crippen LogP contribution in [0, 0.1) is 6.92 Å². The summed E-state index contributed by atoms with van der Waals surface area (Å²) >= 11 is 0. The van der Waals surface area contributed by atoms with Crippen molar-refractivity contribution in [1.82, 2.24) is 24.5 Å². The first kappa shape index (κ1) is 15.9. The molecule has 0 aliphatic carbocycles. The molecule has 2 heterocycles. The van der Waals surface area contributed by atoms with Crippen LogP contribution in [0.4, 0.5) is 0 Å². The summed E-state index contributed by atoms with van der Waals surface area (Å²) in [6.45, 7) is 4.04. The molecule has 0 bridgehead atoms. The maximum Gasteiger partial charge on any atom is 0.328 e. The topological polar surface area (TPSA) is 91.9 Å². The number of fused-ring (bicyclic) bond motifs is 1. The summed E-state index contributed by atoms with van der Waals surface area (Å²) < 4.78 is 7.42. The Balaban J connectivity index is 1.99. The Kier molecular flexibility index (Phi) is 4.11. The van der Waals surface area contributed by atoms with Crippen LogP contribution in [-0.4, -0.2) is 37.6 Å². The molecule has 0 aliphatic heterocycles. The van der Waals surface area contributed by atoms with Crippen LogP contribution in [0.5, 0.6) is 0 Å². The molecule has 8 heteroatoms. The number of ether oxygens (including phenoxy) is 1. The molecule has 1 aromatic carbocycles. The number of esters is 1. The third kappa shape index (κ3) is 2.78. The second-order valence-corrected chi connectivity index (χ2v) is 5.56. The van der Waals surface area contributed by atoms with Gasteiger partial charge in [0.15, 0.2) is 11.2 Å². The summed E-state index contributed by atoms with van der Waals surface area (Å²) in [7, 11) is 1.27. The lowest BCUT2D eigenvalue weighted by atomic mass is 10.1. The highest BCUT2D eigenvalue weighted by molar-refractivity contribution is 5.74. The van der Waals surface area contributed by atoms with Gasteiger partial charge in [0.05, 0.1) is 13.7 Å². The van der Waals surface area contributed by atoms with Crippen molar-refractivity contribution in [1.29, 1.82) is 0 Å². The molecule has 0 saturated heterocycles. The fraction of sp³-hybridized carbons (Fsp3) is 0.312. The van der Waals surface area contributed by atoms with Gasteiger partial charge in [0.1, 0.15) is 12.4 Å². The number of carbonyl (C=O) groups is 1. The van der Waals surface area contributed by atoms with Crippen molar-refractivity contribution in [3.05, 3.63) is 52.1 Å². The molecule has 2 aromatic heterocycles. The SMILES string of the molecule is COC(=O)C(C)n1cnc2c(nnn2Cc2ccc(C)cc2)c1=O. The first-order valence-corrected chi connectivity index (χ1v) is 7.45. The van der Waals surface area contributed by atoms with Crippen LogP contribution in [0.15, 0.2) is 35.4 Å². The zero-order valence-corrected chi connectivity index (χ0v) is 13.6. The summed E-state index contributed by atoms with van der Waals surface area (Å²) in [6, 6.07) is 7.22. The van der Waals surface area contributed by atoms with Gasteiger partial charge in [-0.2, -0.15) is 0 Å². The van der Waals surface area contributed by atoms with Crippen molar-refractivity contribution in [2.75, 3.05) is 7.11 Å². The molecule has 0 spiro atoms. The predicted molar refractivity (Wildman–Crippen MR) is 86.6 cm³/mol. The number of methoxy groups -OCH3 is 1. The second-order valence-electron chi connectivity index (χ2n) is 5.56. The largest absolute Gasteiger partial charge is 0.467 e. The minimum atomic E-state index is -0.776. The first-order chi connectivity index (χ1) is 11.5. The van der Waals surface area contributed by atoms with Crippen LogP contribution < -0.4 is 5.56 Å². The molecule has 1 atom stereocenters. The second kappa shape index (κ2) is 6.23. The molecule has 3 rings (SSSR count). The predicted octanol–water partition coefficient (Wildman–Crippen LogP) is 1.08. The fourth-order valence-electron chi connectivity index (χ4n) is 2.40. The molecule has 0 radical (unpaired) electrons. The van der Waals surface area contributed by atoms with Crippen molar-refractivity contribution in [2.45, 2.75) is 26.4 Å². The molecule has 0 N–H and O–H groups in total. The van der Waals surface area contributed by atoms with E-state index in [0.29, 0.717) is 12.2 Å². The Morgan fingerprint density at radius 2 is 2.00 bits per heavy atom. The number of hydrogen-bond donors (Lipinski definition) is 0. The Hall–Kier alpha value is -3.03. The number of aryl methyl sites for hydroxylation is 1.